The Hall–Kier alpha value is -2.76. The molecule has 1 aliphatic heterocycles. The average Bonchev–Trinajstić information content (AvgIpc) is 3.59. The summed E-state index contributed by atoms with van der Waals surface area (Å²) in [6, 6.07) is 9.19. The van der Waals surface area contributed by atoms with Crippen LogP contribution >= 0.6 is 11.3 Å². The van der Waals surface area contributed by atoms with Gasteiger partial charge in [-0.15, -0.1) is 0 Å². The van der Waals surface area contributed by atoms with Gasteiger partial charge in [-0.25, -0.2) is 13.1 Å². The number of nitrogens with one attached hydrogen (secondary N) is 3. The van der Waals surface area contributed by atoms with Crippen LogP contribution in [0.5, 0.6) is 0 Å². The zero-order chi connectivity index (χ0) is 26.1. The van der Waals surface area contributed by atoms with E-state index in [0.717, 1.165) is 57.2 Å². The van der Waals surface area contributed by atoms with Crippen molar-refractivity contribution in [3.05, 3.63) is 52.2 Å². The van der Waals surface area contributed by atoms with Gasteiger partial charge >= 0.3 is 0 Å². The van der Waals surface area contributed by atoms with Gasteiger partial charge in [0.25, 0.3) is 0 Å². The molecule has 11 heteroatoms. The third kappa shape index (κ3) is 7.62. The van der Waals surface area contributed by atoms with Crippen LogP contribution in [0, 0.1) is 0 Å². The summed E-state index contributed by atoms with van der Waals surface area (Å²) in [5, 5.41) is 10.8. The smallest absolute Gasteiger partial charge is 0.240 e. The third-order valence-electron chi connectivity index (χ3n) is 6.38. The normalized spacial score (nSPS) is 15.7. The summed E-state index contributed by atoms with van der Waals surface area (Å²) in [4.78, 5) is 16.3. The first kappa shape index (κ1) is 27.3. The van der Waals surface area contributed by atoms with E-state index in [1.54, 1.807) is 23.5 Å². The van der Waals surface area contributed by atoms with Crippen molar-refractivity contribution in [3.8, 4) is 0 Å². The van der Waals surface area contributed by atoms with Crippen LogP contribution in [0.1, 0.15) is 57.1 Å². The highest BCUT2D eigenvalue weighted by atomic mass is 32.2. The van der Waals surface area contributed by atoms with Crippen LogP contribution in [0.15, 0.2) is 46.0 Å². The van der Waals surface area contributed by atoms with Gasteiger partial charge in [0.05, 0.1) is 4.90 Å². The van der Waals surface area contributed by atoms with Crippen molar-refractivity contribution in [2.45, 2.75) is 69.9 Å². The van der Waals surface area contributed by atoms with Crippen LogP contribution in [0.4, 0.5) is 17.8 Å². The summed E-state index contributed by atoms with van der Waals surface area (Å²) in [5.41, 5.74) is 2.31. The molecule has 0 aliphatic carbocycles. The Bertz CT molecular complexity index is 1220. The number of aromatic nitrogens is 3. The minimum Gasteiger partial charge on any atom is -0.354 e. The molecule has 3 aromatic rings. The third-order valence-corrected chi connectivity index (χ3v) is 8.55. The second kappa shape index (κ2) is 13.2. The number of sulfonamides is 1. The number of aryl methyl sites for hydroxylation is 1. The average molecular weight is 544 g/mol. The number of anilines is 3. The lowest BCUT2D eigenvalue weighted by atomic mass is 10.1. The minimum absolute atomic E-state index is 0.0373. The fourth-order valence-corrected chi connectivity index (χ4v) is 6.07. The predicted octanol–water partition coefficient (Wildman–Crippen LogP) is 4.66. The van der Waals surface area contributed by atoms with Gasteiger partial charge < -0.3 is 15.5 Å². The molecule has 9 nitrogen and oxygen atoms in total. The first-order chi connectivity index (χ1) is 18.0. The van der Waals surface area contributed by atoms with Crippen molar-refractivity contribution in [1.82, 2.24) is 19.7 Å². The summed E-state index contributed by atoms with van der Waals surface area (Å²) >= 11 is 1.65. The Morgan fingerprint density at radius 3 is 2.49 bits per heavy atom. The van der Waals surface area contributed by atoms with Crippen molar-refractivity contribution >= 4 is 39.2 Å². The van der Waals surface area contributed by atoms with Gasteiger partial charge in [0, 0.05) is 32.2 Å². The second-order valence-electron chi connectivity index (χ2n) is 9.28. The first-order valence-electron chi connectivity index (χ1n) is 13.1. The van der Waals surface area contributed by atoms with Crippen molar-refractivity contribution in [1.29, 1.82) is 0 Å². The van der Waals surface area contributed by atoms with Crippen LogP contribution in [0.3, 0.4) is 0 Å². The molecule has 0 bridgehead atoms. The van der Waals surface area contributed by atoms with Crippen molar-refractivity contribution in [3.63, 3.8) is 0 Å². The van der Waals surface area contributed by atoms with Gasteiger partial charge in [0.15, 0.2) is 0 Å². The molecule has 4 rings (SSSR count). The Morgan fingerprint density at radius 1 is 1.00 bits per heavy atom. The van der Waals surface area contributed by atoms with E-state index in [1.807, 2.05) is 17.5 Å². The molecule has 3 N–H and O–H groups in total. The number of nitrogens with zero attached hydrogens (tertiary/aromatic N) is 4. The number of thiophene rings is 1. The van der Waals surface area contributed by atoms with Crippen molar-refractivity contribution in [2.24, 2.45) is 0 Å². The summed E-state index contributed by atoms with van der Waals surface area (Å²) in [6.07, 6.45) is 5.87. The van der Waals surface area contributed by atoms with Gasteiger partial charge in [-0.2, -0.15) is 26.3 Å². The van der Waals surface area contributed by atoms with Crippen molar-refractivity contribution < 1.29 is 8.42 Å². The molecule has 0 saturated carbocycles. The quantitative estimate of drug-likeness (QED) is 0.252. The topological polar surface area (TPSA) is 112 Å². The summed E-state index contributed by atoms with van der Waals surface area (Å²) < 4.78 is 28.7. The lowest BCUT2D eigenvalue weighted by molar-refractivity contribution is 0.565. The van der Waals surface area contributed by atoms with E-state index < -0.39 is 10.0 Å². The lowest BCUT2D eigenvalue weighted by Crippen LogP contribution is -2.41. The molecule has 1 aromatic carbocycles. The van der Waals surface area contributed by atoms with Crippen LogP contribution in [0.2, 0.25) is 0 Å². The molecule has 1 aliphatic rings. The first-order valence-corrected chi connectivity index (χ1v) is 15.5. The zero-order valence-electron chi connectivity index (χ0n) is 21.6. The Kier molecular flexibility index (Phi) is 9.70. The second-order valence-corrected chi connectivity index (χ2v) is 11.8. The van der Waals surface area contributed by atoms with E-state index in [2.05, 4.69) is 55.5 Å². The van der Waals surface area contributed by atoms with Gasteiger partial charge in [-0.05, 0) is 65.8 Å². The van der Waals surface area contributed by atoms with Gasteiger partial charge in [-0.3, -0.25) is 0 Å². The molecular formula is C26H37N7O2S2. The Balaban J connectivity index is 1.46. The monoisotopic (exact) mass is 543 g/mol. The number of unbranched alkanes of at least 4 members (excludes halogenated alkanes) is 1. The van der Waals surface area contributed by atoms with Gasteiger partial charge in [0.1, 0.15) is 0 Å². The molecule has 1 fully saturated rings. The van der Waals surface area contributed by atoms with Gasteiger partial charge in [0.2, 0.25) is 27.9 Å². The lowest BCUT2D eigenvalue weighted by Gasteiger charge is -2.25. The van der Waals surface area contributed by atoms with E-state index in [4.69, 9.17) is 4.98 Å². The largest absolute Gasteiger partial charge is 0.354 e. The van der Waals surface area contributed by atoms with E-state index in [-0.39, 0.29) is 6.04 Å². The molecule has 1 saturated heterocycles. The number of hydrogen-bond donors (Lipinski definition) is 3. The molecular weight excluding hydrogens is 506 g/mol. The molecule has 0 unspecified atom stereocenters. The maximum Gasteiger partial charge on any atom is 0.240 e. The fourth-order valence-electron chi connectivity index (χ4n) is 4.33. The summed E-state index contributed by atoms with van der Waals surface area (Å²) in [6.45, 7) is 6.72. The summed E-state index contributed by atoms with van der Waals surface area (Å²) in [7, 11) is -3.60. The van der Waals surface area contributed by atoms with Crippen molar-refractivity contribution in [2.75, 3.05) is 35.2 Å². The Labute approximate surface area is 224 Å². The number of benzene rings is 1. The zero-order valence-corrected chi connectivity index (χ0v) is 23.2. The fraction of sp³-hybridized carbons (Fsp3) is 0.500. The van der Waals surface area contributed by atoms with Gasteiger partial charge in [-0.1, -0.05) is 38.8 Å². The van der Waals surface area contributed by atoms with E-state index in [9.17, 15) is 8.42 Å². The summed E-state index contributed by atoms with van der Waals surface area (Å²) in [5.74, 6) is 1.60. The Morgan fingerprint density at radius 2 is 1.78 bits per heavy atom. The molecule has 0 spiro atoms. The van der Waals surface area contributed by atoms with Crippen LogP contribution in [0.25, 0.3) is 0 Å². The van der Waals surface area contributed by atoms with E-state index in [0.29, 0.717) is 35.8 Å². The molecule has 37 heavy (non-hydrogen) atoms. The SMILES string of the molecule is CCCCNc1nc(NCc2ccsc2)nc(N2CCC[C@@H]2CNS(=O)(=O)c2ccc(CCC)cc2)n1. The van der Waals surface area contributed by atoms with E-state index in [1.165, 1.54) is 5.56 Å². The standard InChI is InChI=1S/C26H37N7O2S2/c1-3-5-14-27-24-30-25(28-17-21-13-16-36-19-21)32-26(31-24)33-15-6-8-22(33)18-29-37(34,35)23-11-9-20(7-4-2)10-12-23/h9-13,16,19,22,29H,3-8,14-15,17-18H2,1-2H3,(H2,27,28,30,31,32)/t22-/m1/s1. The molecule has 3 heterocycles. The maximum atomic E-state index is 13.0. The highest BCUT2D eigenvalue weighted by Gasteiger charge is 2.29. The molecule has 0 radical (unpaired) electrons. The number of rotatable bonds is 14. The van der Waals surface area contributed by atoms with Crippen LogP contribution in [-0.2, 0) is 23.0 Å². The minimum atomic E-state index is -3.60. The van der Waals surface area contributed by atoms with Crippen LogP contribution in [-0.4, -0.2) is 49.0 Å². The molecule has 1 atom stereocenters. The highest BCUT2D eigenvalue weighted by Crippen LogP contribution is 2.25. The number of hydrogen-bond acceptors (Lipinski definition) is 9. The predicted molar refractivity (Wildman–Crippen MR) is 151 cm³/mol. The van der Waals surface area contributed by atoms with E-state index >= 15 is 0 Å². The molecule has 0 amide bonds. The molecule has 200 valence electrons. The highest BCUT2D eigenvalue weighted by molar-refractivity contribution is 7.89. The maximum absolute atomic E-state index is 13.0. The molecule has 2 aromatic heterocycles. The van der Waals surface area contributed by atoms with Crippen LogP contribution < -0.4 is 20.3 Å².